The standard InChI is InChI=1S/C9H10F3N3O.C2H6/c1-15(14)8(16)6-3-2-5(4-7(6)13)9(10,11)12;1-2/h2-4H,13-14H2,1H3;1-2H3. The molecular formula is C11H16F3N3O. The number of rotatable bonds is 1. The van der Waals surface area contributed by atoms with Crippen LogP contribution < -0.4 is 11.6 Å². The second-order valence-corrected chi connectivity index (χ2v) is 3.22. The lowest BCUT2D eigenvalue weighted by atomic mass is 10.1. The summed E-state index contributed by atoms with van der Waals surface area (Å²) in [7, 11) is 1.28. The summed E-state index contributed by atoms with van der Waals surface area (Å²) in [5.41, 5.74) is 4.14. The molecule has 1 aromatic rings. The number of nitrogens with two attached hydrogens (primary N) is 2. The second kappa shape index (κ2) is 6.25. The second-order valence-electron chi connectivity index (χ2n) is 3.22. The van der Waals surface area contributed by atoms with E-state index in [0.29, 0.717) is 6.07 Å². The van der Waals surface area contributed by atoms with E-state index in [-0.39, 0.29) is 11.3 Å². The van der Waals surface area contributed by atoms with Crippen molar-refractivity contribution >= 4 is 11.6 Å². The summed E-state index contributed by atoms with van der Waals surface area (Å²) in [5, 5.41) is 0.749. The monoisotopic (exact) mass is 263 g/mol. The normalized spacial score (nSPS) is 10.4. The highest BCUT2D eigenvalue weighted by atomic mass is 19.4. The Morgan fingerprint density at radius 1 is 1.28 bits per heavy atom. The van der Waals surface area contributed by atoms with Crippen molar-refractivity contribution in [2.45, 2.75) is 20.0 Å². The molecule has 0 aliphatic rings. The summed E-state index contributed by atoms with van der Waals surface area (Å²) in [6, 6.07) is 2.49. The molecule has 0 atom stereocenters. The number of benzene rings is 1. The van der Waals surface area contributed by atoms with Crippen LogP contribution in [0.5, 0.6) is 0 Å². The van der Waals surface area contributed by atoms with Crippen LogP contribution in [0, 0.1) is 0 Å². The lowest BCUT2D eigenvalue weighted by Crippen LogP contribution is -2.33. The Hall–Kier alpha value is -1.76. The minimum absolute atomic E-state index is 0.0574. The van der Waals surface area contributed by atoms with E-state index < -0.39 is 17.6 Å². The molecule has 0 saturated heterocycles. The molecule has 7 heteroatoms. The van der Waals surface area contributed by atoms with Crippen molar-refractivity contribution in [3.63, 3.8) is 0 Å². The third kappa shape index (κ3) is 3.92. The zero-order valence-corrected chi connectivity index (χ0v) is 10.4. The molecule has 0 aliphatic heterocycles. The number of hydrogen-bond donors (Lipinski definition) is 2. The predicted molar refractivity (Wildman–Crippen MR) is 63.5 cm³/mol. The van der Waals surface area contributed by atoms with Crippen LogP contribution >= 0.6 is 0 Å². The molecule has 0 saturated carbocycles. The third-order valence-corrected chi connectivity index (χ3v) is 1.93. The summed E-state index contributed by atoms with van der Waals surface area (Å²) in [6.45, 7) is 4.00. The maximum Gasteiger partial charge on any atom is 0.416 e. The molecule has 1 amide bonds. The van der Waals surface area contributed by atoms with Crippen molar-refractivity contribution in [3.05, 3.63) is 29.3 Å². The van der Waals surface area contributed by atoms with Crippen LogP contribution in [0.2, 0.25) is 0 Å². The van der Waals surface area contributed by atoms with Gasteiger partial charge in [0.25, 0.3) is 5.91 Å². The first kappa shape index (κ1) is 16.2. The predicted octanol–water partition coefficient (Wildman–Crippen LogP) is 2.26. The Morgan fingerprint density at radius 3 is 2.11 bits per heavy atom. The molecule has 0 bridgehead atoms. The fraction of sp³-hybridized carbons (Fsp3) is 0.364. The Labute approximate surface area is 103 Å². The van der Waals surface area contributed by atoms with Crippen LogP contribution in [0.3, 0.4) is 0 Å². The molecule has 18 heavy (non-hydrogen) atoms. The first-order valence-electron chi connectivity index (χ1n) is 5.23. The molecule has 0 radical (unpaired) electrons. The molecule has 4 N–H and O–H groups in total. The first-order chi connectivity index (χ1) is 8.23. The highest BCUT2D eigenvalue weighted by Crippen LogP contribution is 2.31. The zero-order chi connectivity index (χ0) is 14.5. The zero-order valence-electron chi connectivity index (χ0n) is 10.4. The minimum atomic E-state index is -4.48. The Kier molecular flexibility index (Phi) is 5.64. The van der Waals surface area contributed by atoms with Gasteiger partial charge in [0.05, 0.1) is 11.1 Å². The van der Waals surface area contributed by atoms with Crippen molar-refractivity contribution in [1.82, 2.24) is 5.01 Å². The lowest BCUT2D eigenvalue weighted by Gasteiger charge is -2.13. The smallest absolute Gasteiger partial charge is 0.398 e. The fourth-order valence-electron chi connectivity index (χ4n) is 1.12. The number of halogens is 3. The molecule has 0 unspecified atom stereocenters. The van der Waals surface area contributed by atoms with E-state index in [4.69, 9.17) is 11.6 Å². The van der Waals surface area contributed by atoms with Gasteiger partial charge in [-0.25, -0.2) is 5.84 Å². The van der Waals surface area contributed by atoms with Crippen LogP contribution in [0.1, 0.15) is 29.8 Å². The van der Waals surface area contributed by atoms with Crippen molar-refractivity contribution in [1.29, 1.82) is 0 Å². The van der Waals surface area contributed by atoms with Crippen molar-refractivity contribution in [3.8, 4) is 0 Å². The fourth-order valence-corrected chi connectivity index (χ4v) is 1.12. The number of hydrogen-bond acceptors (Lipinski definition) is 3. The van der Waals surface area contributed by atoms with E-state index in [0.717, 1.165) is 17.1 Å². The number of anilines is 1. The third-order valence-electron chi connectivity index (χ3n) is 1.93. The average molecular weight is 263 g/mol. The van der Waals surface area contributed by atoms with Gasteiger partial charge in [0.1, 0.15) is 0 Å². The highest BCUT2D eigenvalue weighted by molar-refractivity contribution is 5.98. The largest absolute Gasteiger partial charge is 0.416 e. The first-order valence-corrected chi connectivity index (χ1v) is 5.23. The Bertz CT molecular complexity index is 416. The number of carbonyl (C=O) groups excluding carboxylic acids is 1. The van der Waals surface area contributed by atoms with Gasteiger partial charge in [-0.15, -0.1) is 0 Å². The van der Waals surface area contributed by atoms with E-state index in [2.05, 4.69) is 0 Å². The van der Waals surface area contributed by atoms with E-state index in [1.165, 1.54) is 7.05 Å². The van der Waals surface area contributed by atoms with Crippen LogP contribution in [-0.4, -0.2) is 18.0 Å². The molecule has 102 valence electrons. The molecule has 0 aromatic heterocycles. The van der Waals surface area contributed by atoms with Gasteiger partial charge in [-0.1, -0.05) is 13.8 Å². The quantitative estimate of drug-likeness (QED) is 0.353. The van der Waals surface area contributed by atoms with Gasteiger partial charge in [-0.3, -0.25) is 9.80 Å². The van der Waals surface area contributed by atoms with Crippen LogP contribution in [0.25, 0.3) is 0 Å². The number of carbonyl (C=O) groups is 1. The van der Waals surface area contributed by atoms with Crippen LogP contribution in [0.4, 0.5) is 18.9 Å². The Balaban J connectivity index is 0.00000137. The van der Waals surface area contributed by atoms with E-state index in [9.17, 15) is 18.0 Å². The topological polar surface area (TPSA) is 72.3 Å². The van der Waals surface area contributed by atoms with Gasteiger partial charge in [-0.05, 0) is 18.2 Å². The van der Waals surface area contributed by atoms with Crippen LogP contribution in [-0.2, 0) is 6.18 Å². The summed E-state index contributed by atoms with van der Waals surface area (Å²) >= 11 is 0. The number of nitrogens with zero attached hydrogens (tertiary/aromatic N) is 1. The van der Waals surface area contributed by atoms with Crippen molar-refractivity contribution < 1.29 is 18.0 Å². The number of nitrogen functional groups attached to an aromatic ring is 1. The molecule has 0 fully saturated rings. The van der Waals surface area contributed by atoms with Gasteiger partial charge in [0.15, 0.2) is 0 Å². The molecule has 1 rings (SSSR count). The molecule has 0 spiro atoms. The van der Waals surface area contributed by atoms with Gasteiger partial charge in [-0.2, -0.15) is 13.2 Å². The average Bonchev–Trinajstić information content (AvgIpc) is 2.29. The lowest BCUT2D eigenvalue weighted by molar-refractivity contribution is -0.137. The molecule has 1 aromatic carbocycles. The Morgan fingerprint density at radius 2 is 1.78 bits per heavy atom. The maximum absolute atomic E-state index is 12.3. The van der Waals surface area contributed by atoms with Crippen molar-refractivity contribution in [2.75, 3.05) is 12.8 Å². The van der Waals surface area contributed by atoms with E-state index in [1.807, 2.05) is 13.8 Å². The number of alkyl halides is 3. The molecular weight excluding hydrogens is 247 g/mol. The van der Waals surface area contributed by atoms with E-state index >= 15 is 0 Å². The summed E-state index contributed by atoms with van der Waals surface area (Å²) in [6.07, 6.45) is -4.48. The maximum atomic E-state index is 12.3. The van der Waals surface area contributed by atoms with E-state index in [1.54, 1.807) is 0 Å². The number of amides is 1. The molecule has 4 nitrogen and oxygen atoms in total. The van der Waals surface area contributed by atoms with Crippen LogP contribution in [0.15, 0.2) is 18.2 Å². The summed E-state index contributed by atoms with van der Waals surface area (Å²) in [4.78, 5) is 11.4. The molecule has 0 aliphatic carbocycles. The highest BCUT2D eigenvalue weighted by Gasteiger charge is 2.31. The molecule has 0 heterocycles. The minimum Gasteiger partial charge on any atom is -0.398 e. The van der Waals surface area contributed by atoms with Gasteiger partial charge in [0, 0.05) is 12.7 Å². The van der Waals surface area contributed by atoms with Gasteiger partial charge in [0.2, 0.25) is 0 Å². The van der Waals surface area contributed by atoms with Crippen molar-refractivity contribution in [2.24, 2.45) is 5.84 Å². The number of hydrazine groups is 1. The summed E-state index contributed by atoms with van der Waals surface area (Å²) in [5.74, 6) is 4.52. The van der Waals surface area contributed by atoms with Gasteiger partial charge < -0.3 is 5.73 Å². The SMILES string of the molecule is CC.CN(N)C(=O)c1ccc(C(F)(F)F)cc1N. The summed E-state index contributed by atoms with van der Waals surface area (Å²) < 4.78 is 36.9. The van der Waals surface area contributed by atoms with Gasteiger partial charge >= 0.3 is 6.18 Å².